The fraction of sp³-hybridized carbons (Fsp3) is 0. The summed E-state index contributed by atoms with van der Waals surface area (Å²) in [7, 11) is -4.08. The maximum Gasteiger partial charge on any atom is 0.289 e. The largest absolute Gasteiger partial charge is 0.506 e. The number of nitro benzene ring substituents is 1. The summed E-state index contributed by atoms with van der Waals surface area (Å²) >= 11 is 5.63. The first-order valence-corrected chi connectivity index (χ1v) is 7.42. The van der Waals surface area contributed by atoms with Crippen molar-refractivity contribution in [2.24, 2.45) is 0 Å². The van der Waals surface area contributed by atoms with Crippen molar-refractivity contribution in [3.63, 3.8) is 0 Å². The minimum absolute atomic E-state index is 0.0323. The molecular formula is C12H9ClN2O5S. The lowest BCUT2D eigenvalue weighted by Gasteiger charge is -2.09. The summed E-state index contributed by atoms with van der Waals surface area (Å²) in [6.45, 7) is 0. The van der Waals surface area contributed by atoms with E-state index >= 15 is 0 Å². The molecule has 0 saturated heterocycles. The van der Waals surface area contributed by atoms with Crippen LogP contribution >= 0.6 is 11.6 Å². The number of hydrogen-bond donors (Lipinski definition) is 2. The van der Waals surface area contributed by atoms with E-state index in [1.165, 1.54) is 24.3 Å². The number of phenols is 1. The molecule has 0 spiro atoms. The van der Waals surface area contributed by atoms with Gasteiger partial charge in [-0.3, -0.25) is 14.8 Å². The standard InChI is InChI=1S/C12H9ClN2O5S/c13-9-6-5-8(7-11(9)15(17)18)21(19,20)14-10-3-1-2-4-12(10)16/h1-7,14,16H. The molecule has 0 fully saturated rings. The summed E-state index contributed by atoms with van der Waals surface area (Å²) in [5.41, 5.74) is -0.549. The zero-order chi connectivity index (χ0) is 15.6. The van der Waals surface area contributed by atoms with Crippen LogP contribution in [0.1, 0.15) is 0 Å². The van der Waals surface area contributed by atoms with E-state index in [9.17, 15) is 23.6 Å². The molecule has 110 valence electrons. The summed E-state index contributed by atoms with van der Waals surface area (Å²) in [5.74, 6) is -0.260. The minimum atomic E-state index is -4.08. The zero-order valence-electron chi connectivity index (χ0n) is 10.4. The second kappa shape index (κ2) is 5.58. The predicted molar refractivity (Wildman–Crippen MR) is 77.0 cm³/mol. The number of phenolic OH excluding ortho intramolecular Hbond substituents is 1. The first-order valence-electron chi connectivity index (χ1n) is 5.56. The van der Waals surface area contributed by atoms with Crippen molar-refractivity contribution < 1.29 is 18.4 Å². The lowest BCUT2D eigenvalue weighted by atomic mass is 10.3. The second-order valence-corrected chi connectivity index (χ2v) is 6.08. The Bertz CT molecular complexity index is 807. The number of aromatic hydroxyl groups is 1. The molecule has 0 atom stereocenters. The van der Waals surface area contributed by atoms with Gasteiger partial charge in [-0.05, 0) is 24.3 Å². The molecule has 0 heterocycles. The van der Waals surface area contributed by atoms with Gasteiger partial charge in [0, 0.05) is 6.07 Å². The monoisotopic (exact) mass is 328 g/mol. The Labute approximate surface area is 125 Å². The van der Waals surface area contributed by atoms with Crippen molar-refractivity contribution in [2.45, 2.75) is 4.90 Å². The average Bonchev–Trinajstić information content (AvgIpc) is 2.41. The van der Waals surface area contributed by atoms with Gasteiger partial charge in [0.15, 0.2) is 0 Å². The molecule has 21 heavy (non-hydrogen) atoms. The maximum absolute atomic E-state index is 12.2. The van der Waals surface area contributed by atoms with Gasteiger partial charge in [0.1, 0.15) is 10.8 Å². The van der Waals surface area contributed by atoms with Crippen LogP contribution in [0.3, 0.4) is 0 Å². The van der Waals surface area contributed by atoms with E-state index in [0.29, 0.717) is 0 Å². The maximum atomic E-state index is 12.2. The Kier molecular flexibility index (Phi) is 4.01. The van der Waals surface area contributed by atoms with E-state index in [0.717, 1.165) is 18.2 Å². The van der Waals surface area contributed by atoms with E-state index in [2.05, 4.69) is 4.72 Å². The smallest absolute Gasteiger partial charge is 0.289 e. The predicted octanol–water partition coefficient (Wildman–Crippen LogP) is 2.75. The highest BCUT2D eigenvalue weighted by Crippen LogP contribution is 2.29. The zero-order valence-corrected chi connectivity index (χ0v) is 11.9. The molecule has 2 rings (SSSR count). The lowest BCUT2D eigenvalue weighted by Crippen LogP contribution is -2.13. The van der Waals surface area contributed by atoms with Gasteiger partial charge in [-0.1, -0.05) is 23.7 Å². The molecular weight excluding hydrogens is 320 g/mol. The number of nitro groups is 1. The van der Waals surface area contributed by atoms with E-state index < -0.39 is 20.6 Å². The summed E-state index contributed by atoms with van der Waals surface area (Å²) < 4.78 is 26.4. The lowest BCUT2D eigenvalue weighted by molar-refractivity contribution is -0.384. The minimum Gasteiger partial charge on any atom is -0.506 e. The van der Waals surface area contributed by atoms with Crippen LogP contribution in [0.5, 0.6) is 5.75 Å². The topological polar surface area (TPSA) is 110 Å². The van der Waals surface area contributed by atoms with E-state index in [1.54, 1.807) is 0 Å². The summed E-state index contributed by atoms with van der Waals surface area (Å²) in [4.78, 5) is 9.67. The van der Waals surface area contributed by atoms with Gasteiger partial charge in [0.2, 0.25) is 0 Å². The molecule has 7 nitrogen and oxygen atoms in total. The molecule has 0 unspecified atom stereocenters. The van der Waals surface area contributed by atoms with Gasteiger partial charge in [0.25, 0.3) is 15.7 Å². The molecule has 2 aromatic rings. The number of sulfonamides is 1. The third-order valence-corrected chi connectivity index (χ3v) is 4.26. The highest BCUT2D eigenvalue weighted by molar-refractivity contribution is 7.92. The number of hydrogen-bond acceptors (Lipinski definition) is 5. The first kappa shape index (κ1) is 15.1. The molecule has 0 aliphatic carbocycles. The fourth-order valence-electron chi connectivity index (χ4n) is 1.56. The molecule has 0 aliphatic heterocycles. The Balaban J connectivity index is 2.43. The number of para-hydroxylation sites is 2. The normalized spacial score (nSPS) is 11.1. The van der Waals surface area contributed by atoms with Crippen LogP contribution in [0.15, 0.2) is 47.4 Å². The van der Waals surface area contributed by atoms with Crippen LogP contribution < -0.4 is 4.72 Å². The number of rotatable bonds is 4. The average molecular weight is 329 g/mol. The molecule has 0 aliphatic rings. The molecule has 2 aromatic carbocycles. The van der Waals surface area contributed by atoms with Crippen LogP contribution in [-0.2, 0) is 10.0 Å². The van der Waals surface area contributed by atoms with Gasteiger partial charge in [0.05, 0.1) is 15.5 Å². The van der Waals surface area contributed by atoms with E-state index in [4.69, 9.17) is 11.6 Å². The fourth-order valence-corrected chi connectivity index (χ4v) is 2.84. The SMILES string of the molecule is O=[N+]([O-])c1cc(S(=O)(=O)Nc2ccccc2O)ccc1Cl. The van der Waals surface area contributed by atoms with Crippen molar-refractivity contribution in [3.8, 4) is 5.75 Å². The van der Waals surface area contributed by atoms with Crippen molar-refractivity contribution in [1.82, 2.24) is 0 Å². The number of halogens is 1. The first-order chi connectivity index (χ1) is 9.81. The van der Waals surface area contributed by atoms with Gasteiger partial charge >= 0.3 is 0 Å². The second-order valence-electron chi connectivity index (χ2n) is 3.99. The Morgan fingerprint density at radius 2 is 1.86 bits per heavy atom. The Morgan fingerprint density at radius 1 is 1.19 bits per heavy atom. The summed E-state index contributed by atoms with van der Waals surface area (Å²) in [6.07, 6.45) is 0. The van der Waals surface area contributed by atoms with Crippen LogP contribution in [-0.4, -0.2) is 18.4 Å². The van der Waals surface area contributed by atoms with Gasteiger partial charge in [-0.15, -0.1) is 0 Å². The van der Waals surface area contributed by atoms with Gasteiger partial charge in [-0.2, -0.15) is 0 Å². The van der Waals surface area contributed by atoms with Crippen molar-refractivity contribution in [3.05, 3.63) is 57.6 Å². The number of nitrogens with zero attached hydrogens (tertiary/aromatic N) is 1. The third kappa shape index (κ3) is 3.23. The molecule has 0 radical (unpaired) electrons. The molecule has 0 aromatic heterocycles. The molecule has 2 N–H and O–H groups in total. The van der Waals surface area contributed by atoms with Gasteiger partial charge in [-0.25, -0.2) is 8.42 Å². The number of anilines is 1. The highest BCUT2D eigenvalue weighted by Gasteiger charge is 2.21. The van der Waals surface area contributed by atoms with E-state index in [1.807, 2.05) is 0 Å². The molecule has 9 heteroatoms. The molecule has 0 bridgehead atoms. The van der Waals surface area contributed by atoms with Crippen LogP contribution in [0.4, 0.5) is 11.4 Å². The Morgan fingerprint density at radius 3 is 2.48 bits per heavy atom. The van der Waals surface area contributed by atoms with Crippen LogP contribution in [0, 0.1) is 10.1 Å². The van der Waals surface area contributed by atoms with E-state index in [-0.39, 0.29) is 21.4 Å². The highest BCUT2D eigenvalue weighted by atomic mass is 35.5. The number of nitrogens with one attached hydrogen (secondary N) is 1. The molecule has 0 amide bonds. The van der Waals surface area contributed by atoms with Crippen molar-refractivity contribution in [1.29, 1.82) is 0 Å². The van der Waals surface area contributed by atoms with Gasteiger partial charge < -0.3 is 5.11 Å². The van der Waals surface area contributed by atoms with Crippen molar-refractivity contribution >= 4 is 33.0 Å². The van der Waals surface area contributed by atoms with Crippen LogP contribution in [0.2, 0.25) is 5.02 Å². The quantitative estimate of drug-likeness (QED) is 0.509. The van der Waals surface area contributed by atoms with Crippen molar-refractivity contribution in [2.75, 3.05) is 4.72 Å². The third-order valence-electron chi connectivity index (χ3n) is 2.57. The summed E-state index contributed by atoms with van der Waals surface area (Å²) in [6, 6.07) is 8.84. The van der Waals surface area contributed by atoms with Crippen LogP contribution in [0.25, 0.3) is 0 Å². The molecule has 0 saturated carbocycles. The number of benzene rings is 2. The summed E-state index contributed by atoms with van der Waals surface area (Å²) in [5, 5.41) is 20.2. The Hall–Kier alpha value is -2.32.